The number of benzene rings is 1. The molecule has 1 aliphatic carbocycles. The van der Waals surface area contributed by atoms with Crippen LogP contribution < -0.4 is 5.32 Å². The van der Waals surface area contributed by atoms with Gasteiger partial charge in [-0.2, -0.15) is 0 Å². The second-order valence-electron chi connectivity index (χ2n) is 5.33. The number of rotatable bonds is 6. The van der Waals surface area contributed by atoms with Crippen LogP contribution in [0.5, 0.6) is 0 Å². The molecule has 0 bridgehead atoms. The van der Waals surface area contributed by atoms with E-state index in [-0.39, 0.29) is 41.3 Å². The van der Waals surface area contributed by atoms with Gasteiger partial charge in [0, 0.05) is 12.1 Å². The molecule has 0 saturated heterocycles. The molecule has 0 radical (unpaired) electrons. The number of nitro benzene ring substituents is 1. The Balaban J connectivity index is 1.78. The van der Waals surface area contributed by atoms with Gasteiger partial charge in [-0.05, 0) is 25.3 Å². The number of carbonyl (C=O) groups is 2. The molecule has 0 heterocycles. The zero-order valence-corrected chi connectivity index (χ0v) is 13.6. The number of nitro groups is 1. The standard InChI is InChI=1S/C16H17ClN2O5/c17-14-10-12(19(22)23)6-7-13(14)15(20)18-8-9-24-16(21)11-4-2-1-3-5-11/h1-2,6-7,10-11H,3-5,8-9H2,(H,18,20). The van der Waals surface area contributed by atoms with Gasteiger partial charge in [-0.25, -0.2) is 0 Å². The molecule has 2 rings (SSSR count). The number of halogens is 1. The van der Waals surface area contributed by atoms with Crippen LogP contribution in [-0.2, 0) is 9.53 Å². The summed E-state index contributed by atoms with van der Waals surface area (Å²) in [7, 11) is 0. The molecule has 0 saturated carbocycles. The Bertz CT molecular complexity index is 674. The summed E-state index contributed by atoms with van der Waals surface area (Å²) >= 11 is 5.88. The van der Waals surface area contributed by atoms with Crippen LogP contribution in [0.25, 0.3) is 0 Å². The summed E-state index contributed by atoms with van der Waals surface area (Å²) in [6.07, 6.45) is 6.34. The molecule has 7 nitrogen and oxygen atoms in total. The predicted molar refractivity (Wildman–Crippen MR) is 87.9 cm³/mol. The van der Waals surface area contributed by atoms with Crippen molar-refractivity contribution >= 4 is 29.2 Å². The van der Waals surface area contributed by atoms with Gasteiger partial charge in [0.05, 0.1) is 28.0 Å². The zero-order chi connectivity index (χ0) is 17.5. The molecule has 0 aliphatic heterocycles. The number of ether oxygens (including phenoxy) is 1. The van der Waals surface area contributed by atoms with Gasteiger partial charge in [0.15, 0.2) is 0 Å². The molecule has 1 aromatic carbocycles. The summed E-state index contributed by atoms with van der Waals surface area (Å²) in [5.41, 5.74) is -0.0574. The predicted octanol–water partition coefficient (Wildman–Crippen LogP) is 2.88. The molecule has 1 aromatic rings. The summed E-state index contributed by atoms with van der Waals surface area (Å²) in [4.78, 5) is 33.8. The van der Waals surface area contributed by atoms with Crippen LogP contribution in [0, 0.1) is 16.0 Å². The van der Waals surface area contributed by atoms with E-state index in [1.165, 1.54) is 12.1 Å². The molecule has 1 atom stereocenters. The minimum atomic E-state index is -0.590. The van der Waals surface area contributed by atoms with Crippen molar-refractivity contribution in [1.82, 2.24) is 5.32 Å². The van der Waals surface area contributed by atoms with Crippen molar-refractivity contribution in [3.8, 4) is 0 Å². The Morgan fingerprint density at radius 1 is 1.38 bits per heavy atom. The second-order valence-corrected chi connectivity index (χ2v) is 5.73. The first-order valence-corrected chi connectivity index (χ1v) is 7.90. The van der Waals surface area contributed by atoms with Gasteiger partial charge in [0.25, 0.3) is 11.6 Å². The highest BCUT2D eigenvalue weighted by atomic mass is 35.5. The summed E-state index contributed by atoms with van der Waals surface area (Å²) < 4.78 is 5.14. The molecule has 1 amide bonds. The summed E-state index contributed by atoms with van der Waals surface area (Å²) in [5.74, 6) is -0.858. The fourth-order valence-corrected chi connectivity index (χ4v) is 2.60. The van der Waals surface area contributed by atoms with E-state index in [1.54, 1.807) is 0 Å². The molecule has 1 N–H and O–H groups in total. The third-order valence-corrected chi connectivity index (χ3v) is 3.96. The summed E-state index contributed by atoms with van der Waals surface area (Å²) in [6.45, 7) is 0.204. The fourth-order valence-electron chi connectivity index (χ4n) is 2.34. The number of nitrogens with one attached hydrogen (secondary N) is 1. The van der Waals surface area contributed by atoms with Crippen LogP contribution in [0.4, 0.5) is 5.69 Å². The number of allylic oxidation sites excluding steroid dienone is 2. The van der Waals surface area contributed by atoms with Crippen LogP contribution in [0.15, 0.2) is 30.4 Å². The normalized spacial score (nSPS) is 16.5. The van der Waals surface area contributed by atoms with Gasteiger partial charge in [-0.1, -0.05) is 23.8 Å². The fraction of sp³-hybridized carbons (Fsp3) is 0.375. The van der Waals surface area contributed by atoms with E-state index in [2.05, 4.69) is 5.32 Å². The van der Waals surface area contributed by atoms with Crippen LogP contribution in [0.2, 0.25) is 5.02 Å². The highest BCUT2D eigenvalue weighted by Crippen LogP contribution is 2.22. The topological polar surface area (TPSA) is 98.5 Å². The number of esters is 1. The Labute approximate surface area is 143 Å². The highest BCUT2D eigenvalue weighted by Gasteiger charge is 2.20. The molecule has 0 aromatic heterocycles. The van der Waals surface area contributed by atoms with E-state index in [9.17, 15) is 19.7 Å². The average Bonchev–Trinajstić information content (AvgIpc) is 2.58. The van der Waals surface area contributed by atoms with Crippen molar-refractivity contribution in [1.29, 1.82) is 0 Å². The second kappa shape index (κ2) is 8.44. The molecule has 24 heavy (non-hydrogen) atoms. The Kier molecular flexibility index (Phi) is 6.31. The zero-order valence-electron chi connectivity index (χ0n) is 12.9. The van der Waals surface area contributed by atoms with Crippen molar-refractivity contribution < 1.29 is 19.2 Å². The highest BCUT2D eigenvalue weighted by molar-refractivity contribution is 6.34. The van der Waals surface area contributed by atoms with Crippen LogP contribution in [-0.4, -0.2) is 30.0 Å². The maximum atomic E-state index is 12.0. The summed E-state index contributed by atoms with van der Waals surface area (Å²) in [6, 6.07) is 3.61. The molecule has 0 fully saturated rings. The Morgan fingerprint density at radius 3 is 2.79 bits per heavy atom. The average molecular weight is 353 g/mol. The van der Waals surface area contributed by atoms with Gasteiger partial charge in [-0.15, -0.1) is 0 Å². The largest absolute Gasteiger partial charge is 0.464 e. The number of amides is 1. The van der Waals surface area contributed by atoms with Crippen molar-refractivity contribution in [2.45, 2.75) is 19.3 Å². The first-order chi connectivity index (χ1) is 11.5. The van der Waals surface area contributed by atoms with Gasteiger partial charge in [0.2, 0.25) is 0 Å². The monoisotopic (exact) mass is 352 g/mol. The van der Waals surface area contributed by atoms with Crippen LogP contribution >= 0.6 is 11.6 Å². The molecular weight excluding hydrogens is 336 g/mol. The minimum Gasteiger partial charge on any atom is -0.464 e. The lowest BCUT2D eigenvalue weighted by molar-refractivity contribution is -0.384. The molecule has 1 aliphatic rings. The van der Waals surface area contributed by atoms with Crippen LogP contribution in [0.3, 0.4) is 0 Å². The third-order valence-electron chi connectivity index (χ3n) is 3.64. The first kappa shape index (κ1) is 17.9. The van der Waals surface area contributed by atoms with Gasteiger partial charge in [0.1, 0.15) is 6.61 Å². The quantitative estimate of drug-likeness (QED) is 0.279. The van der Waals surface area contributed by atoms with Crippen LogP contribution in [0.1, 0.15) is 29.6 Å². The lowest BCUT2D eigenvalue weighted by Gasteiger charge is -2.16. The van der Waals surface area contributed by atoms with Gasteiger partial charge >= 0.3 is 5.97 Å². The van der Waals surface area contributed by atoms with Crippen molar-refractivity contribution in [2.24, 2.45) is 5.92 Å². The summed E-state index contributed by atoms with van der Waals surface area (Å²) in [5, 5.41) is 13.2. The number of hydrogen-bond acceptors (Lipinski definition) is 5. The number of non-ortho nitro benzene ring substituents is 1. The van der Waals surface area contributed by atoms with E-state index in [0.717, 1.165) is 18.9 Å². The molecule has 8 heteroatoms. The van der Waals surface area contributed by atoms with E-state index in [0.29, 0.717) is 6.42 Å². The molecule has 1 unspecified atom stereocenters. The molecule has 0 spiro atoms. The molecule has 128 valence electrons. The Hall–Kier alpha value is -2.41. The van der Waals surface area contributed by atoms with Crippen molar-refractivity contribution in [2.75, 3.05) is 13.2 Å². The number of nitrogens with zero attached hydrogens (tertiary/aromatic N) is 1. The van der Waals surface area contributed by atoms with Crippen molar-refractivity contribution in [3.05, 3.63) is 51.1 Å². The maximum Gasteiger partial charge on any atom is 0.309 e. The SMILES string of the molecule is O=C(NCCOC(=O)C1CC=CCC1)c1ccc([N+](=O)[O-])cc1Cl. The number of carbonyl (C=O) groups excluding carboxylic acids is 2. The maximum absolute atomic E-state index is 12.0. The lowest BCUT2D eigenvalue weighted by atomic mass is 9.95. The van der Waals surface area contributed by atoms with Gasteiger partial charge in [-0.3, -0.25) is 19.7 Å². The van der Waals surface area contributed by atoms with Gasteiger partial charge < -0.3 is 10.1 Å². The van der Waals surface area contributed by atoms with E-state index >= 15 is 0 Å². The smallest absolute Gasteiger partial charge is 0.309 e. The van der Waals surface area contributed by atoms with E-state index < -0.39 is 10.8 Å². The van der Waals surface area contributed by atoms with E-state index in [1.807, 2.05) is 12.2 Å². The lowest BCUT2D eigenvalue weighted by Crippen LogP contribution is -2.29. The van der Waals surface area contributed by atoms with Crippen molar-refractivity contribution in [3.63, 3.8) is 0 Å². The molecular formula is C16H17ClN2O5. The van der Waals surface area contributed by atoms with E-state index in [4.69, 9.17) is 16.3 Å². The Morgan fingerprint density at radius 2 is 2.17 bits per heavy atom. The third kappa shape index (κ3) is 4.79. The minimum absolute atomic E-state index is 0.00677. The first-order valence-electron chi connectivity index (χ1n) is 7.53. The number of hydrogen-bond donors (Lipinski definition) is 1.